The number of nitro groups is 1. The van der Waals surface area contributed by atoms with Crippen LogP contribution in [0.3, 0.4) is 0 Å². The Hall–Kier alpha value is -2.11. The molecule has 1 aromatic carbocycles. The van der Waals surface area contributed by atoms with Gasteiger partial charge in [0.2, 0.25) is 0 Å². The Bertz CT molecular complexity index is 523. The third-order valence-corrected chi connectivity index (χ3v) is 3.85. The minimum absolute atomic E-state index is 0.0123. The summed E-state index contributed by atoms with van der Waals surface area (Å²) in [6.07, 6.45) is 5.61. The van der Waals surface area contributed by atoms with E-state index in [9.17, 15) is 14.9 Å². The number of anilines is 1. The molecule has 0 radical (unpaired) electrons. The first-order valence-corrected chi connectivity index (χ1v) is 7.39. The van der Waals surface area contributed by atoms with Crippen molar-refractivity contribution in [1.29, 1.82) is 0 Å². The van der Waals surface area contributed by atoms with Gasteiger partial charge in [-0.05, 0) is 25.0 Å². The lowest BCUT2D eigenvalue weighted by Crippen LogP contribution is -2.33. The van der Waals surface area contributed by atoms with E-state index in [4.69, 9.17) is 0 Å². The van der Waals surface area contributed by atoms with Crippen LogP contribution in [0.25, 0.3) is 0 Å². The van der Waals surface area contributed by atoms with Crippen LogP contribution in [0.4, 0.5) is 11.4 Å². The number of hydrogen-bond donors (Lipinski definition) is 1. The third kappa shape index (κ3) is 3.71. The van der Waals surface area contributed by atoms with Crippen LogP contribution in [0.2, 0.25) is 0 Å². The molecule has 1 aromatic rings. The van der Waals surface area contributed by atoms with Crippen LogP contribution in [0.1, 0.15) is 42.5 Å². The number of carbonyl (C=O) groups excluding carboxylic acids is 1. The van der Waals surface area contributed by atoms with Crippen LogP contribution in [-0.4, -0.2) is 35.9 Å². The summed E-state index contributed by atoms with van der Waals surface area (Å²) in [6, 6.07) is 4.50. The average Bonchev–Trinajstić information content (AvgIpc) is 2.45. The van der Waals surface area contributed by atoms with Gasteiger partial charge in [0.25, 0.3) is 11.6 Å². The van der Waals surface area contributed by atoms with Crippen molar-refractivity contribution in [3.63, 3.8) is 0 Å². The summed E-state index contributed by atoms with van der Waals surface area (Å²) < 4.78 is 0. The molecule has 114 valence electrons. The van der Waals surface area contributed by atoms with Gasteiger partial charge in [-0.2, -0.15) is 0 Å². The van der Waals surface area contributed by atoms with Crippen LogP contribution in [-0.2, 0) is 0 Å². The van der Waals surface area contributed by atoms with Crippen LogP contribution in [0, 0.1) is 10.1 Å². The SMILES string of the molecule is CNc1cc(C(=O)N2CCCCCCC2)ccc1[N+](=O)[O-]. The van der Waals surface area contributed by atoms with Gasteiger partial charge in [0.05, 0.1) is 4.92 Å². The number of nitro benzene ring substituents is 1. The quantitative estimate of drug-likeness (QED) is 0.686. The van der Waals surface area contributed by atoms with Crippen molar-refractivity contribution in [3.05, 3.63) is 33.9 Å². The van der Waals surface area contributed by atoms with Gasteiger partial charge in [-0.3, -0.25) is 14.9 Å². The fourth-order valence-corrected chi connectivity index (χ4v) is 2.66. The van der Waals surface area contributed by atoms with Gasteiger partial charge >= 0.3 is 0 Å². The number of likely N-dealkylation sites (tertiary alicyclic amines) is 1. The normalized spacial score (nSPS) is 16.0. The third-order valence-electron chi connectivity index (χ3n) is 3.85. The van der Waals surface area contributed by atoms with Crippen molar-refractivity contribution in [2.75, 3.05) is 25.5 Å². The lowest BCUT2D eigenvalue weighted by atomic mass is 10.1. The zero-order valence-electron chi connectivity index (χ0n) is 12.3. The molecule has 1 amide bonds. The molecule has 0 atom stereocenters. The summed E-state index contributed by atoms with van der Waals surface area (Å²) in [5.41, 5.74) is 0.866. The monoisotopic (exact) mass is 291 g/mol. The second-order valence-electron chi connectivity index (χ2n) is 5.30. The molecule has 0 unspecified atom stereocenters. The molecule has 1 N–H and O–H groups in total. The van der Waals surface area contributed by atoms with Gasteiger partial charge in [-0.25, -0.2) is 0 Å². The highest BCUT2D eigenvalue weighted by atomic mass is 16.6. The zero-order valence-corrected chi connectivity index (χ0v) is 12.3. The highest BCUT2D eigenvalue weighted by Gasteiger charge is 2.20. The van der Waals surface area contributed by atoms with E-state index in [2.05, 4.69) is 5.32 Å². The lowest BCUT2D eigenvalue weighted by molar-refractivity contribution is -0.383. The molecule has 0 spiro atoms. The molecule has 2 rings (SSSR count). The van der Waals surface area contributed by atoms with Crippen LogP contribution in [0.5, 0.6) is 0 Å². The maximum Gasteiger partial charge on any atom is 0.292 e. The summed E-state index contributed by atoms with van der Waals surface area (Å²) >= 11 is 0. The minimum atomic E-state index is -0.448. The van der Waals surface area contributed by atoms with Crippen molar-refractivity contribution in [2.24, 2.45) is 0 Å². The largest absolute Gasteiger partial charge is 0.383 e. The van der Waals surface area contributed by atoms with Gasteiger partial charge in [0.1, 0.15) is 5.69 Å². The highest BCUT2D eigenvalue weighted by Crippen LogP contribution is 2.26. The first kappa shape index (κ1) is 15.3. The number of rotatable bonds is 3. The number of carbonyl (C=O) groups is 1. The Balaban J connectivity index is 2.19. The standard InChI is InChI=1S/C15H21N3O3/c1-16-13-11-12(7-8-14(13)18(20)21)15(19)17-9-5-3-2-4-6-10-17/h7-8,11,16H,2-6,9-10H2,1H3. The first-order valence-electron chi connectivity index (χ1n) is 7.39. The Morgan fingerprint density at radius 2 is 1.81 bits per heavy atom. The van der Waals surface area contributed by atoms with Crippen molar-refractivity contribution in [2.45, 2.75) is 32.1 Å². The van der Waals surface area contributed by atoms with Crippen LogP contribution < -0.4 is 5.32 Å². The molecule has 0 aromatic heterocycles. The van der Waals surface area contributed by atoms with E-state index in [1.165, 1.54) is 12.5 Å². The molecule has 0 bridgehead atoms. The highest BCUT2D eigenvalue weighted by molar-refractivity contribution is 5.96. The van der Waals surface area contributed by atoms with Crippen LogP contribution >= 0.6 is 0 Å². The zero-order chi connectivity index (χ0) is 15.2. The lowest BCUT2D eigenvalue weighted by Gasteiger charge is -2.25. The van der Waals surface area contributed by atoms with Crippen molar-refractivity contribution in [3.8, 4) is 0 Å². The second kappa shape index (κ2) is 7.06. The predicted molar refractivity (Wildman–Crippen MR) is 81.6 cm³/mol. The van der Waals surface area contributed by atoms with E-state index < -0.39 is 4.92 Å². The first-order chi connectivity index (χ1) is 10.1. The number of nitrogens with one attached hydrogen (secondary N) is 1. The summed E-state index contributed by atoms with van der Waals surface area (Å²) in [5, 5.41) is 13.7. The summed E-state index contributed by atoms with van der Waals surface area (Å²) in [7, 11) is 1.62. The Morgan fingerprint density at radius 1 is 1.19 bits per heavy atom. The Morgan fingerprint density at radius 3 is 2.38 bits per heavy atom. The van der Waals surface area contributed by atoms with Crippen molar-refractivity contribution in [1.82, 2.24) is 4.90 Å². The molecule has 1 aliphatic rings. The second-order valence-corrected chi connectivity index (χ2v) is 5.30. The van der Waals surface area contributed by atoms with Crippen molar-refractivity contribution >= 4 is 17.3 Å². The van der Waals surface area contributed by atoms with Gasteiger partial charge in [-0.15, -0.1) is 0 Å². The topological polar surface area (TPSA) is 75.5 Å². The summed E-state index contributed by atoms with van der Waals surface area (Å²) in [5.74, 6) is -0.0386. The fraction of sp³-hybridized carbons (Fsp3) is 0.533. The summed E-state index contributed by atoms with van der Waals surface area (Å²) in [6.45, 7) is 1.54. The molecule has 21 heavy (non-hydrogen) atoms. The molecule has 6 nitrogen and oxygen atoms in total. The maximum absolute atomic E-state index is 12.5. The molecule has 0 saturated carbocycles. The molecule has 1 heterocycles. The molecule has 1 aliphatic heterocycles. The molecule has 0 aliphatic carbocycles. The molecular weight excluding hydrogens is 270 g/mol. The van der Waals surface area contributed by atoms with Gasteiger partial charge in [0.15, 0.2) is 0 Å². The predicted octanol–water partition coefficient (Wildman–Crippen LogP) is 3.04. The van der Waals surface area contributed by atoms with E-state index in [-0.39, 0.29) is 11.6 Å². The fourth-order valence-electron chi connectivity index (χ4n) is 2.66. The van der Waals surface area contributed by atoms with Gasteiger partial charge in [0, 0.05) is 31.8 Å². The number of benzene rings is 1. The van der Waals surface area contributed by atoms with E-state index >= 15 is 0 Å². The van der Waals surface area contributed by atoms with Crippen molar-refractivity contribution < 1.29 is 9.72 Å². The van der Waals surface area contributed by atoms with E-state index in [0.29, 0.717) is 11.3 Å². The number of amides is 1. The summed E-state index contributed by atoms with van der Waals surface area (Å²) in [4.78, 5) is 24.9. The molecule has 1 saturated heterocycles. The number of nitrogens with zero attached hydrogens (tertiary/aromatic N) is 2. The Labute approximate surface area is 124 Å². The maximum atomic E-state index is 12.5. The minimum Gasteiger partial charge on any atom is -0.383 e. The average molecular weight is 291 g/mol. The molecule has 1 fully saturated rings. The smallest absolute Gasteiger partial charge is 0.292 e. The van der Waals surface area contributed by atoms with Gasteiger partial charge < -0.3 is 10.2 Å². The van der Waals surface area contributed by atoms with E-state index in [0.717, 1.165) is 38.8 Å². The molecular formula is C15H21N3O3. The van der Waals surface area contributed by atoms with E-state index in [1.807, 2.05) is 4.90 Å². The Kier molecular flexibility index (Phi) is 5.14. The van der Waals surface area contributed by atoms with Crippen LogP contribution in [0.15, 0.2) is 18.2 Å². The number of hydrogen-bond acceptors (Lipinski definition) is 4. The molecule has 6 heteroatoms. The van der Waals surface area contributed by atoms with Gasteiger partial charge in [-0.1, -0.05) is 19.3 Å². The van der Waals surface area contributed by atoms with E-state index in [1.54, 1.807) is 19.2 Å².